The smallest absolute Gasteiger partial charge is 0.283 e. The molecule has 0 aromatic heterocycles. The first-order chi connectivity index (χ1) is 15.7. The fourth-order valence-corrected chi connectivity index (χ4v) is 5.78. The lowest BCUT2D eigenvalue weighted by Gasteiger charge is -2.34. The van der Waals surface area contributed by atoms with E-state index in [9.17, 15) is 13.0 Å². The van der Waals surface area contributed by atoms with Crippen LogP contribution < -0.4 is 0 Å². The molecule has 0 amide bonds. The van der Waals surface area contributed by atoms with Gasteiger partial charge in [-0.2, -0.15) is 8.42 Å². The quantitative estimate of drug-likeness (QED) is 0.264. The number of rotatable bonds is 5. The molecule has 33 heavy (non-hydrogen) atoms. The molecule has 3 nitrogen and oxygen atoms in total. The van der Waals surface area contributed by atoms with Gasteiger partial charge in [0.15, 0.2) is 4.75 Å². The molecule has 1 atom stereocenters. The van der Waals surface area contributed by atoms with Crippen LogP contribution in [-0.4, -0.2) is 13.0 Å². The number of hydrogen-bond donors (Lipinski definition) is 1. The lowest BCUT2D eigenvalue weighted by molar-refractivity contribution is 0.459. The summed E-state index contributed by atoms with van der Waals surface area (Å²) in [4.78, 5) is 0. The average Bonchev–Trinajstić information content (AvgIpc) is 2.80. The van der Waals surface area contributed by atoms with Crippen molar-refractivity contribution >= 4 is 10.1 Å². The zero-order valence-electron chi connectivity index (χ0n) is 19.1. The van der Waals surface area contributed by atoms with E-state index in [0.717, 1.165) is 16.7 Å². The zero-order valence-corrected chi connectivity index (χ0v) is 19.9. The maximum atomic E-state index is 13.5. The van der Waals surface area contributed by atoms with Gasteiger partial charge in [-0.1, -0.05) is 130 Å². The highest BCUT2D eigenvalue weighted by Crippen LogP contribution is 2.47. The zero-order chi connectivity index (χ0) is 23.7. The van der Waals surface area contributed by atoms with Crippen molar-refractivity contribution in [1.29, 1.82) is 0 Å². The fourth-order valence-electron chi connectivity index (χ4n) is 4.45. The lowest BCUT2D eigenvalue weighted by atomic mass is 9.79. The molecular weight excluding hydrogens is 428 g/mol. The van der Waals surface area contributed by atoms with E-state index in [2.05, 4.69) is 20.8 Å². The number of benzene rings is 4. The van der Waals surface area contributed by atoms with Gasteiger partial charge >= 0.3 is 0 Å². The van der Waals surface area contributed by atoms with Crippen LogP contribution in [0.1, 0.15) is 43.0 Å². The third-order valence-corrected chi connectivity index (χ3v) is 7.58. The second-order valence-corrected chi connectivity index (χ2v) is 10.8. The van der Waals surface area contributed by atoms with Crippen LogP contribution in [0, 0.1) is 0 Å². The van der Waals surface area contributed by atoms with Crippen molar-refractivity contribution in [2.75, 3.05) is 0 Å². The molecule has 4 heteroatoms. The van der Waals surface area contributed by atoms with E-state index in [1.807, 2.05) is 78.9 Å². The fraction of sp³-hybridized carbons (Fsp3) is 0.172. The predicted molar refractivity (Wildman–Crippen MR) is 135 cm³/mol. The van der Waals surface area contributed by atoms with Crippen molar-refractivity contribution in [3.8, 4) is 11.1 Å². The van der Waals surface area contributed by atoms with E-state index in [1.165, 1.54) is 0 Å². The van der Waals surface area contributed by atoms with Crippen LogP contribution in [0.5, 0.6) is 0 Å². The largest absolute Gasteiger partial charge is 0.284 e. The van der Waals surface area contributed by atoms with Crippen molar-refractivity contribution in [2.45, 2.75) is 30.9 Å². The molecule has 1 unspecified atom stereocenters. The molecule has 4 aromatic rings. The molecule has 0 fully saturated rings. The van der Waals surface area contributed by atoms with E-state index in [-0.39, 0.29) is 5.41 Å². The molecule has 0 saturated carbocycles. The standard InChI is InChI=1S/C29H28O3S/c1-28(2,3)23-18-20-25(21-19-23)29(33(30,31)32,24-14-8-5-9-15-24)27-17-11-10-16-26(27)22-12-6-4-7-13-22/h4-21H,1-3H3,(H,30,31,32). The van der Waals surface area contributed by atoms with Gasteiger partial charge in [0.1, 0.15) is 0 Å². The van der Waals surface area contributed by atoms with Crippen molar-refractivity contribution < 1.29 is 13.0 Å². The van der Waals surface area contributed by atoms with Gasteiger partial charge in [-0.05, 0) is 38.8 Å². The van der Waals surface area contributed by atoms with Crippen LogP contribution in [0.2, 0.25) is 0 Å². The van der Waals surface area contributed by atoms with Gasteiger partial charge in [-0.15, -0.1) is 0 Å². The van der Waals surface area contributed by atoms with Crippen LogP contribution >= 0.6 is 0 Å². The summed E-state index contributed by atoms with van der Waals surface area (Å²) in [6, 6.07) is 33.5. The monoisotopic (exact) mass is 456 g/mol. The molecule has 0 aliphatic heterocycles. The first-order valence-corrected chi connectivity index (χ1v) is 12.4. The van der Waals surface area contributed by atoms with Crippen molar-refractivity contribution in [3.63, 3.8) is 0 Å². The molecule has 0 radical (unpaired) electrons. The normalized spacial score (nSPS) is 13.9. The average molecular weight is 457 g/mol. The van der Waals surface area contributed by atoms with Gasteiger partial charge < -0.3 is 0 Å². The Bertz CT molecular complexity index is 1340. The van der Waals surface area contributed by atoms with Gasteiger partial charge in [0.05, 0.1) is 0 Å². The maximum Gasteiger partial charge on any atom is 0.283 e. The SMILES string of the molecule is CC(C)(C)c1ccc(C(c2ccccc2)(c2ccccc2-c2ccccc2)S(=O)(=O)O)cc1. The van der Waals surface area contributed by atoms with E-state index >= 15 is 0 Å². The van der Waals surface area contributed by atoms with Crippen molar-refractivity contribution in [2.24, 2.45) is 0 Å². The third-order valence-electron chi connectivity index (χ3n) is 6.12. The van der Waals surface area contributed by atoms with Gasteiger partial charge in [0.25, 0.3) is 10.1 Å². The second kappa shape index (κ2) is 8.62. The lowest BCUT2D eigenvalue weighted by Crippen LogP contribution is -2.38. The van der Waals surface area contributed by atoms with Crippen LogP contribution in [0.25, 0.3) is 11.1 Å². The first-order valence-electron chi connectivity index (χ1n) is 10.9. The molecule has 1 N–H and O–H groups in total. The minimum absolute atomic E-state index is 0.0893. The Morgan fingerprint density at radius 3 is 1.58 bits per heavy atom. The van der Waals surface area contributed by atoms with Gasteiger partial charge in [0, 0.05) is 0 Å². The Morgan fingerprint density at radius 1 is 0.576 bits per heavy atom. The van der Waals surface area contributed by atoms with Crippen LogP contribution in [0.3, 0.4) is 0 Å². The molecule has 0 spiro atoms. The Hall–Kier alpha value is -3.21. The minimum Gasteiger partial charge on any atom is -0.284 e. The Labute approximate surface area is 196 Å². The topological polar surface area (TPSA) is 54.4 Å². The molecule has 4 aromatic carbocycles. The maximum absolute atomic E-state index is 13.5. The summed E-state index contributed by atoms with van der Waals surface area (Å²) < 4.78 is 36.1. The summed E-state index contributed by atoms with van der Waals surface area (Å²) in [6.45, 7) is 6.33. The summed E-state index contributed by atoms with van der Waals surface area (Å²) in [7, 11) is -4.66. The molecule has 4 rings (SSSR count). The highest BCUT2D eigenvalue weighted by atomic mass is 32.2. The minimum atomic E-state index is -4.66. The predicted octanol–water partition coefficient (Wildman–Crippen LogP) is 6.83. The third kappa shape index (κ3) is 4.12. The highest BCUT2D eigenvalue weighted by Gasteiger charge is 2.49. The summed E-state index contributed by atoms with van der Waals surface area (Å²) in [5.41, 5.74) is 4.11. The summed E-state index contributed by atoms with van der Waals surface area (Å²) in [5.74, 6) is 0. The van der Waals surface area contributed by atoms with Gasteiger partial charge in [0.2, 0.25) is 0 Å². The van der Waals surface area contributed by atoms with E-state index in [1.54, 1.807) is 30.3 Å². The number of hydrogen-bond acceptors (Lipinski definition) is 2. The van der Waals surface area contributed by atoms with Crippen molar-refractivity contribution in [1.82, 2.24) is 0 Å². The van der Waals surface area contributed by atoms with Crippen LogP contribution in [0.15, 0.2) is 109 Å². The molecule has 0 heterocycles. The summed E-state index contributed by atoms with van der Waals surface area (Å²) in [6.07, 6.45) is 0. The van der Waals surface area contributed by atoms with Crippen LogP contribution in [0.4, 0.5) is 0 Å². The molecule has 0 aliphatic carbocycles. The van der Waals surface area contributed by atoms with Gasteiger partial charge in [-0.3, -0.25) is 4.55 Å². The van der Waals surface area contributed by atoms with Crippen molar-refractivity contribution in [3.05, 3.63) is 131 Å². The summed E-state index contributed by atoms with van der Waals surface area (Å²) in [5, 5.41) is 0. The van der Waals surface area contributed by atoms with Crippen LogP contribution in [-0.2, 0) is 20.3 Å². The molecule has 0 bridgehead atoms. The highest BCUT2D eigenvalue weighted by molar-refractivity contribution is 7.87. The van der Waals surface area contributed by atoms with E-state index in [4.69, 9.17) is 0 Å². The molecule has 0 aliphatic rings. The Balaban J connectivity index is 2.13. The first kappa shape index (κ1) is 23.0. The Morgan fingerprint density at radius 2 is 1.03 bits per heavy atom. The Kier molecular flexibility index (Phi) is 6.00. The van der Waals surface area contributed by atoms with E-state index < -0.39 is 14.9 Å². The van der Waals surface area contributed by atoms with Gasteiger partial charge in [-0.25, -0.2) is 0 Å². The molecule has 168 valence electrons. The summed E-state index contributed by atoms with van der Waals surface area (Å²) >= 11 is 0. The second-order valence-electron chi connectivity index (χ2n) is 9.26. The molecule has 0 saturated heterocycles. The van der Waals surface area contributed by atoms with E-state index in [0.29, 0.717) is 16.7 Å². The molecular formula is C29H28O3S.